The van der Waals surface area contributed by atoms with E-state index in [9.17, 15) is 9.59 Å². The van der Waals surface area contributed by atoms with Crippen molar-refractivity contribution in [3.63, 3.8) is 0 Å². The summed E-state index contributed by atoms with van der Waals surface area (Å²) in [7, 11) is 0. The van der Waals surface area contributed by atoms with Gasteiger partial charge in [-0.2, -0.15) is 0 Å². The van der Waals surface area contributed by atoms with E-state index in [4.69, 9.17) is 9.84 Å². The van der Waals surface area contributed by atoms with E-state index in [-0.39, 0.29) is 25.6 Å². The zero-order valence-corrected chi connectivity index (χ0v) is 12.4. The fourth-order valence-corrected chi connectivity index (χ4v) is 1.77. The molecule has 5 heteroatoms. The van der Waals surface area contributed by atoms with Crippen LogP contribution in [0.5, 0.6) is 5.75 Å². The molecule has 21 heavy (non-hydrogen) atoms. The first-order valence-corrected chi connectivity index (χ1v) is 6.77. The number of nitrogens with zero attached hydrogens (tertiary/aromatic N) is 1. The minimum absolute atomic E-state index is 0.181. The highest BCUT2D eigenvalue weighted by Crippen LogP contribution is 2.20. The van der Waals surface area contributed by atoms with Gasteiger partial charge < -0.3 is 14.7 Å². The first-order chi connectivity index (χ1) is 9.93. The minimum atomic E-state index is -1.06. The normalized spacial score (nSPS) is 10.2. The number of carboxylic acids is 1. The molecule has 0 heterocycles. The van der Waals surface area contributed by atoms with Gasteiger partial charge in [-0.15, -0.1) is 6.58 Å². The second-order valence-corrected chi connectivity index (χ2v) is 4.97. The molecule has 0 saturated carbocycles. The van der Waals surface area contributed by atoms with Gasteiger partial charge in [0.25, 0.3) is 5.91 Å². The molecule has 0 aliphatic rings. The second kappa shape index (κ2) is 8.09. The van der Waals surface area contributed by atoms with E-state index >= 15 is 0 Å². The minimum Gasteiger partial charge on any atom is -0.484 e. The summed E-state index contributed by atoms with van der Waals surface area (Å²) in [5.74, 6) is -0.476. The summed E-state index contributed by atoms with van der Waals surface area (Å²) in [6, 6.07) is 7.52. The first kappa shape index (κ1) is 16.8. The molecule has 0 saturated heterocycles. The quantitative estimate of drug-likeness (QED) is 0.746. The first-order valence-electron chi connectivity index (χ1n) is 6.77. The number of hydrogen-bond acceptors (Lipinski definition) is 3. The van der Waals surface area contributed by atoms with Crippen molar-refractivity contribution >= 4 is 11.9 Å². The average molecular weight is 291 g/mol. The van der Waals surface area contributed by atoms with Crippen molar-refractivity contribution in [1.82, 2.24) is 4.90 Å². The van der Waals surface area contributed by atoms with Gasteiger partial charge in [0, 0.05) is 6.54 Å². The van der Waals surface area contributed by atoms with Gasteiger partial charge in [-0.3, -0.25) is 9.59 Å². The topological polar surface area (TPSA) is 66.8 Å². The van der Waals surface area contributed by atoms with Gasteiger partial charge in [0.2, 0.25) is 0 Å². The maximum absolute atomic E-state index is 12.0. The molecule has 0 aliphatic carbocycles. The van der Waals surface area contributed by atoms with Gasteiger partial charge >= 0.3 is 5.97 Å². The number of ether oxygens (including phenoxy) is 1. The summed E-state index contributed by atoms with van der Waals surface area (Å²) in [4.78, 5) is 23.8. The lowest BCUT2D eigenvalue weighted by atomic mass is 10.0. The zero-order chi connectivity index (χ0) is 15.8. The third-order valence-corrected chi connectivity index (χ3v) is 2.92. The Morgan fingerprint density at radius 1 is 1.43 bits per heavy atom. The molecule has 0 atom stereocenters. The second-order valence-electron chi connectivity index (χ2n) is 4.97. The molecule has 0 unspecified atom stereocenters. The maximum Gasteiger partial charge on any atom is 0.323 e. The standard InChI is InChI=1S/C16H21NO4/c1-4-8-17(10-16(19)20)15(18)11-21-14-7-5-6-13(9-14)12(2)3/h4-7,9,12H,1,8,10-11H2,2-3H3,(H,19,20). The number of amides is 1. The lowest BCUT2D eigenvalue weighted by molar-refractivity contribution is -0.144. The van der Waals surface area contributed by atoms with Gasteiger partial charge in [-0.1, -0.05) is 32.1 Å². The third kappa shape index (κ3) is 5.69. The Morgan fingerprint density at radius 2 is 2.14 bits per heavy atom. The van der Waals surface area contributed by atoms with Crippen molar-refractivity contribution in [2.75, 3.05) is 19.7 Å². The Balaban J connectivity index is 2.63. The van der Waals surface area contributed by atoms with E-state index in [2.05, 4.69) is 20.4 Å². The summed E-state index contributed by atoms with van der Waals surface area (Å²) in [6.07, 6.45) is 1.49. The van der Waals surface area contributed by atoms with Crippen LogP contribution in [0.25, 0.3) is 0 Å². The lowest BCUT2D eigenvalue weighted by Crippen LogP contribution is -2.38. The van der Waals surface area contributed by atoms with Crippen molar-refractivity contribution in [2.24, 2.45) is 0 Å². The molecule has 1 N–H and O–H groups in total. The molecule has 0 fully saturated rings. The van der Waals surface area contributed by atoms with Crippen molar-refractivity contribution in [3.05, 3.63) is 42.5 Å². The molecule has 5 nitrogen and oxygen atoms in total. The molecular formula is C16H21NO4. The Morgan fingerprint density at radius 3 is 2.71 bits per heavy atom. The number of carbonyl (C=O) groups is 2. The van der Waals surface area contributed by atoms with Crippen molar-refractivity contribution < 1.29 is 19.4 Å². The van der Waals surface area contributed by atoms with Crippen LogP contribution < -0.4 is 4.74 Å². The number of aliphatic carboxylic acids is 1. The largest absolute Gasteiger partial charge is 0.484 e. The van der Waals surface area contributed by atoms with Crippen LogP contribution in [-0.4, -0.2) is 41.6 Å². The van der Waals surface area contributed by atoms with Crippen molar-refractivity contribution in [3.8, 4) is 5.75 Å². The highest BCUT2D eigenvalue weighted by Gasteiger charge is 2.16. The Hall–Kier alpha value is -2.30. The molecule has 0 bridgehead atoms. The van der Waals surface area contributed by atoms with Crippen LogP contribution >= 0.6 is 0 Å². The summed E-state index contributed by atoms with van der Waals surface area (Å²) in [5, 5.41) is 8.77. The third-order valence-electron chi connectivity index (χ3n) is 2.92. The molecule has 0 aliphatic heterocycles. The van der Waals surface area contributed by atoms with Crippen LogP contribution in [0.4, 0.5) is 0 Å². The molecule has 1 rings (SSSR count). The molecular weight excluding hydrogens is 270 g/mol. The summed E-state index contributed by atoms with van der Waals surface area (Å²) in [6.45, 7) is 7.28. The number of rotatable bonds is 8. The molecule has 0 radical (unpaired) electrons. The molecule has 0 aromatic heterocycles. The Bertz CT molecular complexity index is 511. The fraction of sp³-hybridized carbons (Fsp3) is 0.375. The predicted molar refractivity (Wildman–Crippen MR) is 80.4 cm³/mol. The molecule has 0 spiro atoms. The summed E-state index contributed by atoms with van der Waals surface area (Å²) in [5.41, 5.74) is 1.12. The maximum atomic E-state index is 12.0. The molecule has 114 valence electrons. The monoisotopic (exact) mass is 291 g/mol. The van der Waals surface area contributed by atoms with E-state index in [0.717, 1.165) is 5.56 Å². The lowest BCUT2D eigenvalue weighted by Gasteiger charge is -2.19. The van der Waals surface area contributed by atoms with E-state index in [1.807, 2.05) is 18.2 Å². The van der Waals surface area contributed by atoms with Gasteiger partial charge in [0.15, 0.2) is 6.61 Å². The zero-order valence-electron chi connectivity index (χ0n) is 12.4. The van der Waals surface area contributed by atoms with Gasteiger partial charge in [-0.05, 0) is 23.6 Å². The number of benzene rings is 1. The van der Waals surface area contributed by atoms with Crippen LogP contribution in [-0.2, 0) is 9.59 Å². The van der Waals surface area contributed by atoms with Crippen molar-refractivity contribution in [1.29, 1.82) is 0 Å². The fourth-order valence-electron chi connectivity index (χ4n) is 1.77. The highest BCUT2D eigenvalue weighted by atomic mass is 16.5. The van der Waals surface area contributed by atoms with Crippen LogP contribution in [0.15, 0.2) is 36.9 Å². The Labute approximate surface area is 124 Å². The van der Waals surface area contributed by atoms with Crippen LogP contribution in [0.1, 0.15) is 25.3 Å². The van der Waals surface area contributed by atoms with E-state index in [1.54, 1.807) is 6.07 Å². The SMILES string of the molecule is C=CCN(CC(=O)O)C(=O)COc1cccc(C(C)C)c1. The van der Waals surface area contributed by atoms with Crippen LogP contribution in [0, 0.1) is 0 Å². The van der Waals surface area contributed by atoms with Gasteiger partial charge in [-0.25, -0.2) is 0 Å². The van der Waals surface area contributed by atoms with E-state index < -0.39 is 5.97 Å². The van der Waals surface area contributed by atoms with Crippen molar-refractivity contribution in [2.45, 2.75) is 19.8 Å². The smallest absolute Gasteiger partial charge is 0.323 e. The number of carboxylic acid groups (broad SMARTS) is 1. The number of carbonyl (C=O) groups excluding carboxylic acids is 1. The van der Waals surface area contributed by atoms with Gasteiger partial charge in [0.1, 0.15) is 12.3 Å². The predicted octanol–water partition coefficient (Wildman–Crippen LogP) is 2.29. The summed E-state index contributed by atoms with van der Waals surface area (Å²) >= 11 is 0. The highest BCUT2D eigenvalue weighted by molar-refractivity contribution is 5.82. The van der Waals surface area contributed by atoms with E-state index in [0.29, 0.717) is 11.7 Å². The average Bonchev–Trinajstić information content (AvgIpc) is 2.44. The van der Waals surface area contributed by atoms with E-state index in [1.165, 1.54) is 11.0 Å². The van der Waals surface area contributed by atoms with Crippen LogP contribution in [0.2, 0.25) is 0 Å². The summed E-state index contributed by atoms with van der Waals surface area (Å²) < 4.78 is 5.45. The Kier molecular flexibility index (Phi) is 6.46. The molecule has 1 aromatic rings. The number of hydrogen-bond donors (Lipinski definition) is 1. The van der Waals surface area contributed by atoms with Crippen LogP contribution in [0.3, 0.4) is 0 Å². The molecule has 1 amide bonds. The molecule has 1 aromatic carbocycles. The van der Waals surface area contributed by atoms with Gasteiger partial charge in [0.05, 0.1) is 0 Å².